The molecule has 1 fully saturated rings. The molecule has 1 saturated heterocycles. The molecule has 5 heteroatoms. The Labute approximate surface area is 107 Å². The molecule has 0 amide bonds. The molecule has 2 rings (SSSR count). The number of thiazole rings is 1. The zero-order chi connectivity index (χ0) is 12.0. The smallest absolute Gasteiger partial charge is 0.0795 e. The number of rotatable bonds is 6. The molecule has 0 aromatic carbocycles. The Balaban J connectivity index is 1.80. The molecule has 2 heterocycles. The van der Waals surface area contributed by atoms with Crippen molar-refractivity contribution < 1.29 is 4.74 Å². The van der Waals surface area contributed by atoms with E-state index in [9.17, 15) is 0 Å². The van der Waals surface area contributed by atoms with Crippen LogP contribution in [-0.4, -0.2) is 38.3 Å². The fourth-order valence-corrected chi connectivity index (χ4v) is 2.97. The molecule has 17 heavy (non-hydrogen) atoms. The van der Waals surface area contributed by atoms with Gasteiger partial charge in [0.2, 0.25) is 0 Å². The summed E-state index contributed by atoms with van der Waals surface area (Å²) in [5.41, 5.74) is 3.32. The van der Waals surface area contributed by atoms with Crippen LogP contribution in [-0.2, 0) is 11.3 Å². The van der Waals surface area contributed by atoms with Gasteiger partial charge in [0.15, 0.2) is 0 Å². The molecule has 0 aliphatic carbocycles. The number of nitrogens with one attached hydrogen (secondary N) is 2. The topological polar surface area (TPSA) is 46.2 Å². The molecule has 1 aromatic rings. The zero-order valence-electron chi connectivity index (χ0n) is 10.4. The maximum Gasteiger partial charge on any atom is 0.0795 e. The Bertz CT molecular complexity index is 304. The third-order valence-corrected chi connectivity index (χ3v) is 4.04. The number of hydrogen-bond donors (Lipinski definition) is 2. The van der Waals surface area contributed by atoms with Crippen LogP contribution in [0.1, 0.15) is 18.5 Å². The Kier molecular flexibility index (Phi) is 4.91. The van der Waals surface area contributed by atoms with Crippen LogP contribution in [0, 0.1) is 5.41 Å². The first-order valence-electron chi connectivity index (χ1n) is 6.12. The average molecular weight is 255 g/mol. The van der Waals surface area contributed by atoms with Crippen molar-refractivity contribution in [3.8, 4) is 0 Å². The molecular formula is C12H21N3OS. The summed E-state index contributed by atoms with van der Waals surface area (Å²) in [6.45, 7) is 4.92. The Morgan fingerprint density at radius 3 is 3.00 bits per heavy atom. The summed E-state index contributed by atoms with van der Waals surface area (Å²) in [5, 5.41) is 9.02. The highest BCUT2D eigenvalue weighted by Gasteiger charge is 2.31. The molecule has 1 aliphatic rings. The third kappa shape index (κ3) is 3.74. The molecule has 1 aromatic heterocycles. The lowest BCUT2D eigenvalue weighted by Crippen LogP contribution is -2.45. The zero-order valence-corrected chi connectivity index (χ0v) is 11.2. The third-order valence-electron chi connectivity index (χ3n) is 3.40. The first kappa shape index (κ1) is 13.0. The van der Waals surface area contributed by atoms with Crippen LogP contribution in [0.5, 0.6) is 0 Å². The second-order valence-electron chi connectivity index (χ2n) is 4.77. The van der Waals surface area contributed by atoms with E-state index >= 15 is 0 Å². The van der Waals surface area contributed by atoms with Crippen LogP contribution in [0.25, 0.3) is 0 Å². The van der Waals surface area contributed by atoms with Gasteiger partial charge in [-0.15, -0.1) is 11.3 Å². The Morgan fingerprint density at radius 1 is 1.53 bits per heavy atom. The van der Waals surface area contributed by atoms with E-state index in [2.05, 4.69) is 21.0 Å². The van der Waals surface area contributed by atoms with E-state index in [1.165, 1.54) is 12.8 Å². The summed E-state index contributed by atoms with van der Waals surface area (Å²) in [7, 11) is 1.80. The second-order valence-corrected chi connectivity index (χ2v) is 5.49. The molecule has 1 aliphatic heterocycles. The fourth-order valence-electron chi connectivity index (χ4n) is 2.42. The van der Waals surface area contributed by atoms with E-state index in [-0.39, 0.29) is 0 Å². The van der Waals surface area contributed by atoms with Gasteiger partial charge in [0.25, 0.3) is 0 Å². The minimum Gasteiger partial charge on any atom is -0.384 e. The van der Waals surface area contributed by atoms with Gasteiger partial charge in [-0.25, -0.2) is 4.98 Å². The van der Waals surface area contributed by atoms with Crippen LogP contribution in [0.3, 0.4) is 0 Å². The fraction of sp³-hybridized carbons (Fsp3) is 0.750. The quantitative estimate of drug-likeness (QED) is 0.803. The lowest BCUT2D eigenvalue weighted by Gasteiger charge is -2.37. The SMILES string of the molecule is COCC1(CNCc2cscn2)CCNCC1. The number of nitrogens with zero attached hydrogens (tertiary/aromatic N) is 1. The predicted molar refractivity (Wildman–Crippen MR) is 70.2 cm³/mol. The monoisotopic (exact) mass is 255 g/mol. The molecule has 2 N–H and O–H groups in total. The molecule has 0 atom stereocenters. The normalized spacial score (nSPS) is 19.4. The molecule has 0 spiro atoms. The second kappa shape index (κ2) is 6.44. The Hall–Kier alpha value is -0.490. The highest BCUT2D eigenvalue weighted by atomic mass is 32.1. The van der Waals surface area contributed by atoms with Crippen LogP contribution in [0.15, 0.2) is 10.9 Å². The summed E-state index contributed by atoms with van der Waals surface area (Å²) in [5.74, 6) is 0. The maximum atomic E-state index is 5.39. The molecule has 0 bridgehead atoms. The van der Waals surface area contributed by atoms with Gasteiger partial charge >= 0.3 is 0 Å². The lowest BCUT2D eigenvalue weighted by atomic mass is 9.79. The largest absolute Gasteiger partial charge is 0.384 e. The highest BCUT2D eigenvalue weighted by molar-refractivity contribution is 7.07. The van der Waals surface area contributed by atoms with Crippen molar-refractivity contribution in [1.29, 1.82) is 0 Å². The first-order valence-corrected chi connectivity index (χ1v) is 7.06. The molecule has 96 valence electrons. The summed E-state index contributed by atoms with van der Waals surface area (Å²) in [6.07, 6.45) is 2.37. The van der Waals surface area contributed by atoms with Crippen molar-refractivity contribution in [2.24, 2.45) is 5.41 Å². The van der Waals surface area contributed by atoms with E-state index in [4.69, 9.17) is 4.74 Å². The van der Waals surface area contributed by atoms with Gasteiger partial charge in [0, 0.05) is 31.0 Å². The van der Waals surface area contributed by atoms with Crippen LogP contribution in [0.2, 0.25) is 0 Å². The summed E-state index contributed by atoms with van der Waals surface area (Å²) in [6, 6.07) is 0. The van der Waals surface area contributed by atoms with Gasteiger partial charge in [-0.2, -0.15) is 0 Å². The number of methoxy groups -OCH3 is 1. The molecule has 0 saturated carbocycles. The van der Waals surface area contributed by atoms with Crippen molar-refractivity contribution in [3.63, 3.8) is 0 Å². The van der Waals surface area contributed by atoms with E-state index < -0.39 is 0 Å². The summed E-state index contributed by atoms with van der Waals surface area (Å²) < 4.78 is 5.39. The summed E-state index contributed by atoms with van der Waals surface area (Å²) >= 11 is 1.65. The van der Waals surface area contributed by atoms with Gasteiger partial charge in [0.05, 0.1) is 17.8 Å². The number of ether oxygens (including phenoxy) is 1. The van der Waals surface area contributed by atoms with Gasteiger partial charge in [-0.3, -0.25) is 0 Å². The van der Waals surface area contributed by atoms with E-state index in [1.807, 2.05) is 5.51 Å². The summed E-state index contributed by atoms with van der Waals surface area (Å²) in [4.78, 5) is 4.28. The van der Waals surface area contributed by atoms with E-state index in [0.717, 1.165) is 38.5 Å². The van der Waals surface area contributed by atoms with E-state index in [1.54, 1.807) is 18.4 Å². The van der Waals surface area contributed by atoms with Gasteiger partial charge in [0.1, 0.15) is 0 Å². The number of aromatic nitrogens is 1. The Morgan fingerprint density at radius 2 is 2.35 bits per heavy atom. The standard InChI is InChI=1S/C12H21N3OS/c1-16-9-12(2-4-13-5-3-12)8-14-6-11-7-17-10-15-11/h7,10,13-14H,2-6,8-9H2,1H3. The van der Waals surface area contributed by atoms with Gasteiger partial charge in [-0.1, -0.05) is 0 Å². The minimum absolute atomic E-state index is 0.302. The highest BCUT2D eigenvalue weighted by Crippen LogP contribution is 2.28. The molecule has 0 unspecified atom stereocenters. The van der Waals surface area contributed by atoms with Crippen molar-refractivity contribution >= 4 is 11.3 Å². The number of hydrogen-bond acceptors (Lipinski definition) is 5. The van der Waals surface area contributed by atoms with Crippen molar-refractivity contribution in [2.45, 2.75) is 19.4 Å². The molecule has 4 nitrogen and oxygen atoms in total. The maximum absolute atomic E-state index is 5.39. The average Bonchev–Trinajstić information content (AvgIpc) is 2.84. The molecule has 0 radical (unpaired) electrons. The first-order chi connectivity index (χ1) is 8.35. The van der Waals surface area contributed by atoms with Gasteiger partial charge in [-0.05, 0) is 25.9 Å². The van der Waals surface area contributed by atoms with Crippen LogP contribution in [0.4, 0.5) is 0 Å². The lowest BCUT2D eigenvalue weighted by molar-refractivity contribution is 0.0534. The molecular weight excluding hydrogens is 234 g/mol. The number of piperidine rings is 1. The van der Waals surface area contributed by atoms with Crippen molar-refractivity contribution in [2.75, 3.05) is 33.4 Å². The van der Waals surface area contributed by atoms with Crippen LogP contribution < -0.4 is 10.6 Å². The van der Waals surface area contributed by atoms with E-state index in [0.29, 0.717) is 5.41 Å². The van der Waals surface area contributed by atoms with Gasteiger partial charge < -0.3 is 15.4 Å². The van der Waals surface area contributed by atoms with Crippen LogP contribution >= 0.6 is 11.3 Å². The minimum atomic E-state index is 0.302. The van der Waals surface area contributed by atoms with Crippen molar-refractivity contribution in [1.82, 2.24) is 15.6 Å². The van der Waals surface area contributed by atoms with Crippen molar-refractivity contribution in [3.05, 3.63) is 16.6 Å². The predicted octanol–water partition coefficient (Wildman–Crippen LogP) is 1.25.